The van der Waals surface area contributed by atoms with Gasteiger partial charge >= 0.3 is 11.8 Å². The number of hydrogen-bond donors (Lipinski definition) is 3. The first-order valence-corrected chi connectivity index (χ1v) is 13.2. The van der Waals surface area contributed by atoms with Crippen LogP contribution in [0, 0.1) is 13.8 Å². The molecule has 3 aromatic rings. The van der Waals surface area contributed by atoms with Crippen molar-refractivity contribution in [3.63, 3.8) is 0 Å². The van der Waals surface area contributed by atoms with E-state index in [1.807, 2.05) is 32.0 Å². The molecule has 0 fully saturated rings. The van der Waals surface area contributed by atoms with Gasteiger partial charge in [0, 0.05) is 21.4 Å². The third-order valence-corrected chi connectivity index (χ3v) is 5.95. The van der Waals surface area contributed by atoms with Gasteiger partial charge in [0.2, 0.25) is 0 Å². The lowest BCUT2D eigenvalue weighted by Crippen LogP contribution is -2.32. The van der Waals surface area contributed by atoms with E-state index in [0.717, 1.165) is 34.1 Å². The summed E-state index contributed by atoms with van der Waals surface area (Å²) < 4.78 is 12.0. The number of hydrogen-bond acceptors (Lipinski definition) is 6. The summed E-state index contributed by atoms with van der Waals surface area (Å²) >= 11 is 3.38. The Balaban J connectivity index is 1.53. The average Bonchev–Trinajstić information content (AvgIpc) is 2.91. The second-order valence-electron chi connectivity index (χ2n) is 8.72. The molecule has 0 bridgehead atoms. The molecule has 0 spiro atoms. The third kappa shape index (κ3) is 9.57. The van der Waals surface area contributed by atoms with Crippen LogP contribution in [-0.2, 0) is 14.4 Å². The van der Waals surface area contributed by atoms with Gasteiger partial charge in [-0.1, -0.05) is 41.4 Å². The van der Waals surface area contributed by atoms with Gasteiger partial charge < -0.3 is 20.1 Å². The lowest BCUT2D eigenvalue weighted by atomic mass is 10.1. The van der Waals surface area contributed by atoms with E-state index in [-0.39, 0.29) is 12.5 Å². The number of benzene rings is 3. The Morgan fingerprint density at radius 1 is 0.923 bits per heavy atom. The van der Waals surface area contributed by atoms with E-state index >= 15 is 0 Å². The van der Waals surface area contributed by atoms with E-state index in [9.17, 15) is 14.4 Å². The Morgan fingerprint density at radius 3 is 2.44 bits per heavy atom. The van der Waals surface area contributed by atoms with Crippen molar-refractivity contribution in [2.75, 3.05) is 23.8 Å². The van der Waals surface area contributed by atoms with Crippen LogP contribution < -0.4 is 25.5 Å². The van der Waals surface area contributed by atoms with Gasteiger partial charge in [-0.2, -0.15) is 5.10 Å². The molecule has 0 aliphatic rings. The van der Waals surface area contributed by atoms with Crippen molar-refractivity contribution < 1.29 is 23.9 Å². The van der Waals surface area contributed by atoms with Crippen molar-refractivity contribution in [3.05, 3.63) is 81.8 Å². The number of nitrogens with zero attached hydrogens (tertiary/aromatic N) is 1. The van der Waals surface area contributed by atoms with Gasteiger partial charge in [0.15, 0.2) is 6.61 Å². The Morgan fingerprint density at radius 2 is 1.69 bits per heavy atom. The van der Waals surface area contributed by atoms with Crippen LogP contribution in [0.3, 0.4) is 0 Å². The predicted octanol–water partition coefficient (Wildman–Crippen LogP) is 5.35. The SMILES string of the molecule is CCCCOc1ccc(NC(=O)C(=O)N/N=C\c2cc(Br)ccc2OCC(=O)Nc2cc(C)ccc2C)cc1. The van der Waals surface area contributed by atoms with Gasteiger partial charge in [-0.05, 0) is 79.9 Å². The van der Waals surface area contributed by atoms with Gasteiger partial charge in [0.25, 0.3) is 5.91 Å². The monoisotopic (exact) mass is 594 g/mol. The molecule has 10 heteroatoms. The van der Waals surface area contributed by atoms with Gasteiger partial charge in [-0.15, -0.1) is 0 Å². The molecule has 0 saturated heterocycles. The fraction of sp³-hybridized carbons (Fsp3) is 0.241. The van der Waals surface area contributed by atoms with Gasteiger partial charge in [-0.3, -0.25) is 14.4 Å². The lowest BCUT2D eigenvalue weighted by molar-refractivity contribution is -0.136. The minimum atomic E-state index is -0.945. The molecular formula is C29H31BrN4O5. The maximum absolute atomic E-state index is 12.4. The number of hydrazone groups is 1. The number of halogens is 1. The Bertz CT molecular complexity index is 1340. The van der Waals surface area contributed by atoms with Crippen molar-refractivity contribution >= 4 is 51.2 Å². The zero-order valence-corrected chi connectivity index (χ0v) is 23.6. The highest BCUT2D eigenvalue weighted by atomic mass is 79.9. The van der Waals surface area contributed by atoms with Crippen LogP contribution in [0.25, 0.3) is 0 Å². The van der Waals surface area contributed by atoms with Crippen LogP contribution in [0.5, 0.6) is 11.5 Å². The fourth-order valence-corrected chi connectivity index (χ4v) is 3.70. The second-order valence-corrected chi connectivity index (χ2v) is 9.63. The summed E-state index contributed by atoms with van der Waals surface area (Å²) in [6, 6.07) is 17.7. The van der Waals surface area contributed by atoms with E-state index in [1.165, 1.54) is 6.21 Å². The number of aryl methyl sites for hydroxylation is 2. The molecule has 0 aromatic heterocycles. The molecule has 3 N–H and O–H groups in total. The van der Waals surface area contributed by atoms with Crippen LogP contribution >= 0.6 is 15.9 Å². The molecule has 0 saturated carbocycles. The topological polar surface area (TPSA) is 118 Å². The first-order chi connectivity index (χ1) is 18.7. The minimum absolute atomic E-state index is 0.229. The molecular weight excluding hydrogens is 564 g/mol. The molecule has 0 aliphatic heterocycles. The van der Waals surface area contributed by atoms with E-state index in [1.54, 1.807) is 42.5 Å². The summed E-state index contributed by atoms with van der Waals surface area (Å²) in [5.41, 5.74) is 5.83. The zero-order chi connectivity index (χ0) is 28.2. The average molecular weight is 595 g/mol. The van der Waals surface area contributed by atoms with Crippen molar-refractivity contribution in [3.8, 4) is 11.5 Å². The molecule has 3 amide bonds. The first kappa shape index (κ1) is 29.4. The summed E-state index contributed by atoms with van der Waals surface area (Å²) in [5.74, 6) is -1.08. The van der Waals surface area contributed by atoms with Crippen molar-refractivity contribution in [1.82, 2.24) is 5.43 Å². The molecule has 39 heavy (non-hydrogen) atoms. The van der Waals surface area contributed by atoms with Crippen LogP contribution in [0.15, 0.2) is 70.2 Å². The summed E-state index contributed by atoms with van der Waals surface area (Å²) in [7, 11) is 0. The van der Waals surface area contributed by atoms with Gasteiger partial charge in [-0.25, -0.2) is 5.43 Å². The minimum Gasteiger partial charge on any atom is -0.494 e. The van der Waals surface area contributed by atoms with E-state index in [4.69, 9.17) is 9.47 Å². The van der Waals surface area contributed by atoms with E-state index in [0.29, 0.717) is 29.4 Å². The van der Waals surface area contributed by atoms with E-state index < -0.39 is 11.8 Å². The van der Waals surface area contributed by atoms with Crippen molar-refractivity contribution in [2.45, 2.75) is 33.6 Å². The van der Waals surface area contributed by atoms with Crippen LogP contribution in [0.1, 0.15) is 36.5 Å². The molecule has 0 heterocycles. The van der Waals surface area contributed by atoms with Crippen molar-refractivity contribution in [2.24, 2.45) is 5.10 Å². The molecule has 9 nitrogen and oxygen atoms in total. The van der Waals surface area contributed by atoms with Crippen LogP contribution in [0.4, 0.5) is 11.4 Å². The maximum Gasteiger partial charge on any atom is 0.329 e. The Hall–Kier alpha value is -4.18. The first-order valence-electron chi connectivity index (χ1n) is 12.4. The van der Waals surface area contributed by atoms with E-state index in [2.05, 4.69) is 44.0 Å². The number of anilines is 2. The predicted molar refractivity (Wildman–Crippen MR) is 155 cm³/mol. The molecule has 0 atom stereocenters. The van der Waals surface area contributed by atoms with Crippen LogP contribution in [-0.4, -0.2) is 37.1 Å². The van der Waals surface area contributed by atoms with Crippen LogP contribution in [0.2, 0.25) is 0 Å². The smallest absolute Gasteiger partial charge is 0.329 e. The third-order valence-electron chi connectivity index (χ3n) is 5.45. The standard InChI is InChI=1S/C29H31BrN4O5/c1-4-5-14-38-24-11-9-23(10-12-24)32-28(36)29(37)34-31-17-21-16-22(30)8-13-26(21)39-18-27(35)33-25-15-19(2)6-7-20(25)3/h6-13,15-17H,4-5,14,18H2,1-3H3,(H,32,36)(H,33,35)(H,34,37)/b31-17-. The number of nitrogens with one attached hydrogen (secondary N) is 3. The number of ether oxygens (including phenoxy) is 2. The number of unbranched alkanes of at least 4 members (excludes halogenated alkanes) is 1. The molecule has 0 aliphatic carbocycles. The highest BCUT2D eigenvalue weighted by Gasteiger charge is 2.13. The largest absolute Gasteiger partial charge is 0.494 e. The summed E-state index contributed by atoms with van der Waals surface area (Å²) in [4.78, 5) is 36.9. The Kier molecular flexibility index (Phi) is 11.1. The fourth-order valence-electron chi connectivity index (χ4n) is 3.32. The molecule has 0 unspecified atom stereocenters. The molecule has 3 rings (SSSR count). The number of rotatable bonds is 11. The summed E-state index contributed by atoms with van der Waals surface area (Å²) in [6.07, 6.45) is 3.32. The number of carbonyl (C=O) groups excluding carboxylic acids is 3. The quantitative estimate of drug-likeness (QED) is 0.120. The zero-order valence-electron chi connectivity index (χ0n) is 22.0. The number of amides is 3. The number of carbonyl (C=O) groups is 3. The molecule has 0 radical (unpaired) electrons. The molecule has 3 aromatic carbocycles. The normalized spacial score (nSPS) is 10.7. The molecule has 204 valence electrons. The lowest BCUT2D eigenvalue weighted by Gasteiger charge is -2.12. The maximum atomic E-state index is 12.4. The second kappa shape index (κ2) is 14.7. The highest BCUT2D eigenvalue weighted by Crippen LogP contribution is 2.22. The summed E-state index contributed by atoms with van der Waals surface area (Å²) in [6.45, 7) is 6.33. The Labute approximate surface area is 236 Å². The highest BCUT2D eigenvalue weighted by molar-refractivity contribution is 9.10. The van der Waals surface area contributed by atoms with Crippen molar-refractivity contribution in [1.29, 1.82) is 0 Å². The summed E-state index contributed by atoms with van der Waals surface area (Å²) in [5, 5.41) is 9.22. The van der Waals surface area contributed by atoms with Gasteiger partial charge in [0.05, 0.1) is 12.8 Å². The van der Waals surface area contributed by atoms with Gasteiger partial charge in [0.1, 0.15) is 11.5 Å².